The number of rotatable bonds is 5. The van der Waals surface area contributed by atoms with E-state index in [-0.39, 0.29) is 18.4 Å². The van der Waals surface area contributed by atoms with Crippen LogP contribution in [0.15, 0.2) is 24.3 Å². The average molecular weight is 340 g/mol. The summed E-state index contributed by atoms with van der Waals surface area (Å²) in [4.78, 5) is 13.0. The van der Waals surface area contributed by atoms with Crippen molar-refractivity contribution >= 4 is 17.5 Å². The number of hydrogen-bond acceptors (Lipinski definition) is 3. The molecule has 2 rings (SSSR count). The number of nitrogens with one attached hydrogen (secondary N) is 1. The molecule has 1 fully saturated rings. The Morgan fingerprint density at radius 1 is 1.43 bits per heavy atom. The molecule has 1 aromatic rings. The van der Waals surface area contributed by atoms with Crippen LogP contribution in [0.5, 0.6) is 0 Å². The molecule has 1 aliphatic heterocycles. The first-order chi connectivity index (χ1) is 10.8. The van der Waals surface area contributed by atoms with Crippen molar-refractivity contribution in [3.8, 4) is 0 Å². The highest BCUT2D eigenvalue weighted by Crippen LogP contribution is 2.36. The molecule has 23 heavy (non-hydrogen) atoms. The smallest absolute Gasteiger partial charge is 0.230 e. The van der Waals surface area contributed by atoms with E-state index in [0.29, 0.717) is 31.1 Å². The van der Waals surface area contributed by atoms with Crippen molar-refractivity contribution in [1.82, 2.24) is 5.32 Å². The van der Waals surface area contributed by atoms with Gasteiger partial charge in [0.15, 0.2) is 0 Å². The Hall–Kier alpha value is -1.10. The first-order valence-corrected chi connectivity index (χ1v) is 8.50. The second kappa shape index (κ2) is 7.20. The second-order valence-electron chi connectivity index (χ2n) is 6.90. The molecule has 0 aromatic heterocycles. The third kappa shape index (κ3) is 4.06. The molecular weight excluding hydrogens is 314 g/mol. The van der Waals surface area contributed by atoms with E-state index in [1.807, 2.05) is 32.0 Å². The lowest BCUT2D eigenvalue weighted by Gasteiger charge is -2.37. The summed E-state index contributed by atoms with van der Waals surface area (Å²) in [6, 6.07) is 7.47. The molecule has 1 aromatic carbocycles. The van der Waals surface area contributed by atoms with Crippen molar-refractivity contribution in [3.05, 3.63) is 34.9 Å². The average Bonchev–Trinajstić information content (AvgIpc) is 2.53. The SMILES string of the molecule is CC(C)C(C)(O)CNC(=O)C1(c2cccc(Cl)c2)CCOCC1. The van der Waals surface area contributed by atoms with Crippen LogP contribution in [-0.2, 0) is 14.9 Å². The largest absolute Gasteiger partial charge is 0.388 e. The molecule has 0 bridgehead atoms. The van der Waals surface area contributed by atoms with E-state index in [0.717, 1.165) is 5.56 Å². The maximum atomic E-state index is 13.0. The van der Waals surface area contributed by atoms with Crippen molar-refractivity contribution in [2.45, 2.75) is 44.6 Å². The Labute approximate surface area is 143 Å². The molecule has 2 N–H and O–H groups in total. The van der Waals surface area contributed by atoms with Crippen molar-refractivity contribution in [3.63, 3.8) is 0 Å². The van der Waals surface area contributed by atoms with Gasteiger partial charge >= 0.3 is 0 Å². The van der Waals surface area contributed by atoms with Crippen molar-refractivity contribution < 1.29 is 14.6 Å². The van der Waals surface area contributed by atoms with Gasteiger partial charge in [-0.25, -0.2) is 0 Å². The van der Waals surface area contributed by atoms with Gasteiger partial charge in [-0.05, 0) is 43.4 Å². The fraction of sp³-hybridized carbons (Fsp3) is 0.611. The fourth-order valence-corrected chi connectivity index (χ4v) is 2.98. The summed E-state index contributed by atoms with van der Waals surface area (Å²) in [7, 11) is 0. The van der Waals surface area contributed by atoms with E-state index in [2.05, 4.69) is 5.32 Å². The minimum atomic E-state index is -0.934. The number of halogens is 1. The Bertz CT molecular complexity index is 551. The van der Waals surface area contributed by atoms with Gasteiger partial charge in [0.2, 0.25) is 5.91 Å². The van der Waals surface area contributed by atoms with Gasteiger partial charge in [0.1, 0.15) is 0 Å². The highest BCUT2D eigenvalue weighted by atomic mass is 35.5. The minimum absolute atomic E-state index is 0.0552. The van der Waals surface area contributed by atoms with Crippen molar-refractivity contribution in [2.24, 2.45) is 5.92 Å². The molecule has 5 heteroatoms. The Balaban J connectivity index is 2.23. The maximum Gasteiger partial charge on any atom is 0.230 e. The van der Waals surface area contributed by atoms with E-state index >= 15 is 0 Å². The molecule has 0 spiro atoms. The van der Waals surface area contributed by atoms with Gasteiger partial charge in [-0.15, -0.1) is 0 Å². The van der Waals surface area contributed by atoms with E-state index < -0.39 is 11.0 Å². The number of carbonyl (C=O) groups is 1. The topological polar surface area (TPSA) is 58.6 Å². The minimum Gasteiger partial charge on any atom is -0.388 e. The summed E-state index contributed by atoms with van der Waals surface area (Å²) in [5, 5.41) is 13.9. The van der Waals surface area contributed by atoms with Crippen LogP contribution in [0.4, 0.5) is 0 Å². The van der Waals surface area contributed by atoms with Crippen LogP contribution in [-0.4, -0.2) is 36.4 Å². The van der Waals surface area contributed by atoms with Gasteiger partial charge in [0.25, 0.3) is 0 Å². The molecule has 1 saturated heterocycles. The zero-order valence-electron chi connectivity index (χ0n) is 14.1. The van der Waals surface area contributed by atoms with Crippen LogP contribution >= 0.6 is 11.6 Å². The van der Waals surface area contributed by atoms with E-state index in [9.17, 15) is 9.90 Å². The first-order valence-electron chi connectivity index (χ1n) is 8.12. The molecule has 4 nitrogen and oxygen atoms in total. The van der Waals surface area contributed by atoms with Crippen molar-refractivity contribution in [2.75, 3.05) is 19.8 Å². The van der Waals surface area contributed by atoms with Gasteiger partial charge < -0.3 is 15.2 Å². The van der Waals surface area contributed by atoms with Crippen LogP contribution in [0.3, 0.4) is 0 Å². The first kappa shape index (κ1) is 18.2. The third-order valence-corrected chi connectivity index (χ3v) is 5.24. The van der Waals surface area contributed by atoms with Crippen LogP contribution < -0.4 is 5.32 Å². The van der Waals surface area contributed by atoms with Crippen LogP contribution in [0.2, 0.25) is 5.02 Å². The normalized spacial score (nSPS) is 20.1. The zero-order chi connectivity index (χ0) is 17.1. The van der Waals surface area contributed by atoms with E-state index in [1.54, 1.807) is 13.0 Å². The number of aliphatic hydroxyl groups is 1. The monoisotopic (exact) mass is 339 g/mol. The van der Waals surface area contributed by atoms with Crippen molar-refractivity contribution in [1.29, 1.82) is 0 Å². The molecule has 1 unspecified atom stereocenters. The van der Waals surface area contributed by atoms with Crippen LogP contribution in [0.1, 0.15) is 39.2 Å². The van der Waals surface area contributed by atoms with Gasteiger partial charge in [-0.1, -0.05) is 37.6 Å². The molecule has 128 valence electrons. The number of carbonyl (C=O) groups excluding carboxylic acids is 1. The quantitative estimate of drug-likeness (QED) is 0.867. The van der Waals surface area contributed by atoms with Crippen LogP contribution in [0, 0.1) is 5.92 Å². The lowest BCUT2D eigenvalue weighted by molar-refractivity contribution is -0.132. The highest BCUT2D eigenvalue weighted by Gasteiger charge is 2.42. The van der Waals surface area contributed by atoms with Gasteiger partial charge in [0.05, 0.1) is 11.0 Å². The molecule has 1 amide bonds. The summed E-state index contributed by atoms with van der Waals surface area (Å²) < 4.78 is 5.45. The predicted octanol–water partition coefficient (Wildman–Crippen LogP) is 2.91. The molecule has 1 atom stereocenters. The molecule has 0 radical (unpaired) electrons. The molecule has 0 saturated carbocycles. The number of hydrogen-bond donors (Lipinski definition) is 2. The summed E-state index contributed by atoms with van der Waals surface area (Å²) in [6.07, 6.45) is 1.23. The highest BCUT2D eigenvalue weighted by molar-refractivity contribution is 6.30. The number of benzene rings is 1. The molecule has 1 heterocycles. The molecule has 0 aliphatic carbocycles. The van der Waals surface area contributed by atoms with Gasteiger partial charge in [0, 0.05) is 24.8 Å². The van der Waals surface area contributed by atoms with Crippen LogP contribution in [0.25, 0.3) is 0 Å². The van der Waals surface area contributed by atoms with Gasteiger partial charge in [-0.3, -0.25) is 4.79 Å². The second-order valence-corrected chi connectivity index (χ2v) is 7.34. The maximum absolute atomic E-state index is 13.0. The number of amides is 1. The summed E-state index contributed by atoms with van der Waals surface area (Å²) in [5.74, 6) is -0.0106. The Morgan fingerprint density at radius 2 is 2.09 bits per heavy atom. The molecule has 1 aliphatic rings. The zero-order valence-corrected chi connectivity index (χ0v) is 14.8. The number of ether oxygens (including phenoxy) is 1. The Morgan fingerprint density at radius 3 is 2.65 bits per heavy atom. The summed E-state index contributed by atoms with van der Waals surface area (Å²) in [5.41, 5.74) is -0.665. The third-order valence-electron chi connectivity index (χ3n) is 5.01. The Kier molecular flexibility index (Phi) is 5.71. The van der Waals surface area contributed by atoms with Gasteiger partial charge in [-0.2, -0.15) is 0 Å². The summed E-state index contributed by atoms with van der Waals surface area (Å²) >= 11 is 6.12. The standard InChI is InChI=1S/C18H26ClNO3/c1-13(2)17(3,22)12-20-16(21)18(7-9-23-10-8-18)14-5-4-6-15(19)11-14/h4-6,11,13,22H,7-10,12H2,1-3H3,(H,20,21). The summed E-state index contributed by atoms with van der Waals surface area (Å²) in [6.45, 7) is 6.93. The predicted molar refractivity (Wildman–Crippen MR) is 91.7 cm³/mol. The van der Waals surface area contributed by atoms with E-state index in [4.69, 9.17) is 16.3 Å². The van der Waals surface area contributed by atoms with E-state index in [1.165, 1.54) is 0 Å². The molecular formula is C18H26ClNO3. The lowest BCUT2D eigenvalue weighted by atomic mass is 9.73. The fourth-order valence-electron chi connectivity index (χ4n) is 2.79. The lowest BCUT2D eigenvalue weighted by Crippen LogP contribution is -2.52.